The van der Waals surface area contributed by atoms with Crippen LogP contribution >= 0.6 is 15.9 Å². The van der Waals surface area contributed by atoms with E-state index < -0.39 is 0 Å². The second kappa shape index (κ2) is 7.13. The lowest BCUT2D eigenvalue weighted by Gasteiger charge is -2.19. The molecule has 0 bridgehead atoms. The molecule has 0 aliphatic rings. The second-order valence-electron chi connectivity index (χ2n) is 3.83. The minimum atomic E-state index is 0.0860. The van der Waals surface area contributed by atoms with Crippen molar-refractivity contribution in [2.75, 3.05) is 13.1 Å². The number of rotatable bonds is 5. The Morgan fingerprint density at radius 1 is 1.53 bits per heavy atom. The van der Waals surface area contributed by atoms with Crippen LogP contribution in [0.2, 0.25) is 0 Å². The average Bonchev–Trinajstić information content (AvgIpc) is 2.28. The number of halogens is 1. The van der Waals surface area contributed by atoms with E-state index >= 15 is 0 Å². The summed E-state index contributed by atoms with van der Waals surface area (Å²) in [5.41, 5.74) is 1.00. The average molecular weight is 294 g/mol. The van der Waals surface area contributed by atoms with Crippen LogP contribution in [0.1, 0.15) is 18.9 Å². The Kier molecular flexibility index (Phi) is 5.79. The summed E-state index contributed by atoms with van der Waals surface area (Å²) >= 11 is 3.39. The molecule has 0 N–H and O–H groups in total. The van der Waals surface area contributed by atoms with Crippen LogP contribution in [0.15, 0.2) is 28.7 Å². The van der Waals surface area contributed by atoms with Crippen molar-refractivity contribution in [1.82, 2.24) is 4.90 Å². The summed E-state index contributed by atoms with van der Waals surface area (Å²) < 4.78 is 0.988. The molecule has 0 spiro atoms. The summed E-state index contributed by atoms with van der Waals surface area (Å²) in [6.45, 7) is 3.15. The molecule has 3 heteroatoms. The van der Waals surface area contributed by atoms with Crippen LogP contribution in [-0.2, 0) is 11.2 Å². The smallest absolute Gasteiger partial charge is 0.227 e. The SMILES string of the molecule is C#CCN(CCC)C(=O)Cc1cccc(Br)c1. The van der Waals surface area contributed by atoms with Gasteiger partial charge in [0.25, 0.3) is 0 Å². The molecule has 0 aromatic heterocycles. The first-order valence-electron chi connectivity index (χ1n) is 5.63. The van der Waals surface area contributed by atoms with Gasteiger partial charge in [-0.15, -0.1) is 6.42 Å². The van der Waals surface area contributed by atoms with E-state index in [1.807, 2.05) is 31.2 Å². The van der Waals surface area contributed by atoms with Gasteiger partial charge >= 0.3 is 0 Å². The molecule has 0 heterocycles. The molecule has 1 rings (SSSR count). The van der Waals surface area contributed by atoms with E-state index in [1.165, 1.54) is 0 Å². The number of nitrogens with zero attached hydrogens (tertiary/aromatic N) is 1. The molecule has 0 fully saturated rings. The van der Waals surface area contributed by atoms with Gasteiger partial charge in [0, 0.05) is 11.0 Å². The van der Waals surface area contributed by atoms with Gasteiger partial charge in [0.1, 0.15) is 0 Å². The Hall–Kier alpha value is -1.27. The first kappa shape index (κ1) is 13.8. The Balaban J connectivity index is 2.66. The number of amides is 1. The molecular formula is C14H16BrNO. The molecule has 0 radical (unpaired) electrons. The molecule has 0 atom stereocenters. The monoisotopic (exact) mass is 293 g/mol. The number of carbonyl (C=O) groups excluding carboxylic acids is 1. The van der Waals surface area contributed by atoms with Crippen LogP contribution in [0, 0.1) is 12.3 Å². The molecule has 0 unspecified atom stereocenters. The Morgan fingerprint density at radius 2 is 2.29 bits per heavy atom. The van der Waals surface area contributed by atoms with E-state index in [-0.39, 0.29) is 5.91 Å². The third kappa shape index (κ3) is 4.62. The number of carbonyl (C=O) groups is 1. The molecule has 0 saturated carbocycles. The first-order valence-corrected chi connectivity index (χ1v) is 6.42. The van der Waals surface area contributed by atoms with E-state index in [0.717, 1.165) is 23.0 Å². The van der Waals surface area contributed by atoms with Crippen molar-refractivity contribution in [2.24, 2.45) is 0 Å². The second-order valence-corrected chi connectivity index (χ2v) is 4.74. The topological polar surface area (TPSA) is 20.3 Å². The third-order valence-electron chi connectivity index (χ3n) is 2.37. The highest BCUT2D eigenvalue weighted by molar-refractivity contribution is 9.10. The van der Waals surface area contributed by atoms with Gasteiger partial charge in [-0.25, -0.2) is 0 Å². The van der Waals surface area contributed by atoms with Gasteiger partial charge in [-0.2, -0.15) is 0 Å². The molecule has 0 aliphatic heterocycles. The molecule has 0 aliphatic carbocycles. The van der Waals surface area contributed by atoms with Crippen LogP contribution in [0.5, 0.6) is 0 Å². The lowest BCUT2D eigenvalue weighted by molar-refractivity contribution is -0.129. The van der Waals surface area contributed by atoms with Crippen LogP contribution in [0.25, 0.3) is 0 Å². The van der Waals surface area contributed by atoms with Crippen molar-refractivity contribution in [2.45, 2.75) is 19.8 Å². The van der Waals surface area contributed by atoms with Gasteiger partial charge in [-0.1, -0.05) is 40.9 Å². The fourth-order valence-electron chi connectivity index (χ4n) is 1.61. The van der Waals surface area contributed by atoms with Crippen molar-refractivity contribution < 1.29 is 4.79 Å². The van der Waals surface area contributed by atoms with Crippen LogP contribution < -0.4 is 0 Å². The van der Waals surface area contributed by atoms with Gasteiger partial charge in [0.2, 0.25) is 5.91 Å². The molecule has 2 nitrogen and oxygen atoms in total. The molecule has 1 amide bonds. The largest absolute Gasteiger partial charge is 0.331 e. The minimum absolute atomic E-state index is 0.0860. The van der Waals surface area contributed by atoms with E-state index in [0.29, 0.717) is 13.0 Å². The van der Waals surface area contributed by atoms with Gasteiger partial charge in [-0.3, -0.25) is 4.79 Å². The van der Waals surface area contributed by atoms with E-state index in [1.54, 1.807) is 4.90 Å². The van der Waals surface area contributed by atoms with E-state index in [2.05, 4.69) is 21.9 Å². The fraction of sp³-hybridized carbons (Fsp3) is 0.357. The summed E-state index contributed by atoms with van der Waals surface area (Å²) in [7, 11) is 0. The van der Waals surface area contributed by atoms with E-state index in [9.17, 15) is 4.79 Å². The molecule has 1 aromatic rings. The van der Waals surface area contributed by atoms with E-state index in [4.69, 9.17) is 6.42 Å². The number of hydrogen-bond acceptors (Lipinski definition) is 1. The third-order valence-corrected chi connectivity index (χ3v) is 2.87. The predicted molar refractivity (Wildman–Crippen MR) is 73.6 cm³/mol. The normalized spacial score (nSPS) is 9.71. The first-order chi connectivity index (χ1) is 8.17. The number of benzene rings is 1. The number of terminal acetylenes is 1. The molecular weight excluding hydrogens is 278 g/mol. The lowest BCUT2D eigenvalue weighted by Crippen LogP contribution is -2.33. The Morgan fingerprint density at radius 3 is 2.88 bits per heavy atom. The summed E-state index contributed by atoms with van der Waals surface area (Å²) in [5.74, 6) is 2.61. The van der Waals surface area contributed by atoms with Crippen molar-refractivity contribution in [3.8, 4) is 12.3 Å². The highest BCUT2D eigenvalue weighted by Gasteiger charge is 2.11. The van der Waals surface area contributed by atoms with Gasteiger partial charge in [0.05, 0.1) is 13.0 Å². The van der Waals surface area contributed by atoms with Crippen LogP contribution in [0.3, 0.4) is 0 Å². The molecule has 1 aromatic carbocycles. The van der Waals surface area contributed by atoms with Gasteiger partial charge in [-0.05, 0) is 24.1 Å². The van der Waals surface area contributed by atoms with Gasteiger partial charge in [0.15, 0.2) is 0 Å². The summed E-state index contributed by atoms with van der Waals surface area (Å²) in [4.78, 5) is 13.7. The maximum atomic E-state index is 12.0. The zero-order valence-electron chi connectivity index (χ0n) is 9.95. The zero-order valence-corrected chi connectivity index (χ0v) is 11.5. The van der Waals surface area contributed by atoms with Gasteiger partial charge < -0.3 is 4.90 Å². The maximum Gasteiger partial charge on any atom is 0.227 e. The van der Waals surface area contributed by atoms with Crippen molar-refractivity contribution in [1.29, 1.82) is 0 Å². The van der Waals surface area contributed by atoms with Crippen molar-refractivity contribution in [3.63, 3.8) is 0 Å². The number of hydrogen-bond donors (Lipinski definition) is 0. The Labute approximate surface area is 111 Å². The van der Waals surface area contributed by atoms with Crippen molar-refractivity contribution in [3.05, 3.63) is 34.3 Å². The highest BCUT2D eigenvalue weighted by Crippen LogP contribution is 2.12. The predicted octanol–water partition coefficient (Wildman–Crippen LogP) is 2.86. The standard InChI is InChI=1S/C14H16BrNO/c1-3-8-16(9-4-2)14(17)11-12-6-5-7-13(15)10-12/h1,5-7,10H,4,8-9,11H2,2H3. The highest BCUT2D eigenvalue weighted by atomic mass is 79.9. The lowest BCUT2D eigenvalue weighted by atomic mass is 10.1. The Bertz CT molecular complexity index is 422. The molecule has 17 heavy (non-hydrogen) atoms. The summed E-state index contributed by atoms with van der Waals surface area (Å²) in [6, 6.07) is 7.78. The van der Waals surface area contributed by atoms with Crippen molar-refractivity contribution >= 4 is 21.8 Å². The zero-order chi connectivity index (χ0) is 12.7. The maximum absolute atomic E-state index is 12.0. The molecule has 0 saturated heterocycles. The summed E-state index contributed by atoms with van der Waals surface area (Å²) in [6.07, 6.45) is 6.59. The minimum Gasteiger partial charge on any atom is -0.331 e. The quantitative estimate of drug-likeness (QED) is 0.765. The van der Waals surface area contributed by atoms with Crippen LogP contribution in [0.4, 0.5) is 0 Å². The summed E-state index contributed by atoms with van der Waals surface area (Å²) in [5, 5.41) is 0. The van der Waals surface area contributed by atoms with Crippen LogP contribution in [-0.4, -0.2) is 23.9 Å². The molecule has 90 valence electrons. The fourth-order valence-corrected chi connectivity index (χ4v) is 2.05.